The molecule has 0 radical (unpaired) electrons. The third-order valence-electron chi connectivity index (χ3n) is 2.95. The van der Waals surface area contributed by atoms with Crippen LogP contribution in [0.5, 0.6) is 5.75 Å². The van der Waals surface area contributed by atoms with Gasteiger partial charge in [0.2, 0.25) is 5.91 Å². The number of methoxy groups -OCH3 is 2. The first kappa shape index (κ1) is 19.1. The molecule has 1 atom stereocenters. The molecule has 0 aliphatic rings. The van der Waals surface area contributed by atoms with Crippen LogP contribution >= 0.6 is 11.6 Å². The van der Waals surface area contributed by atoms with Crippen LogP contribution in [0.1, 0.15) is 11.1 Å². The zero-order valence-electron chi connectivity index (χ0n) is 12.4. The van der Waals surface area contributed by atoms with E-state index in [1.165, 1.54) is 6.07 Å². The lowest BCUT2D eigenvalue weighted by Gasteiger charge is -2.17. The maximum absolute atomic E-state index is 12.8. The fraction of sp³-hybridized carbons (Fsp3) is 0.429. The number of ether oxygens (including phenoxy) is 2. The predicted molar refractivity (Wildman–Crippen MR) is 76.4 cm³/mol. The number of amides is 1. The van der Waals surface area contributed by atoms with Crippen LogP contribution in [-0.2, 0) is 26.9 Å². The Bertz CT molecular complexity index is 578. The number of carbonyl (C=O) groups is 2. The van der Waals surface area contributed by atoms with E-state index >= 15 is 0 Å². The summed E-state index contributed by atoms with van der Waals surface area (Å²) in [6.07, 6.45) is -4.62. The monoisotopic (exact) mass is 353 g/mol. The highest BCUT2D eigenvalue weighted by Gasteiger charge is 2.34. The van der Waals surface area contributed by atoms with Crippen molar-refractivity contribution in [3.8, 4) is 5.75 Å². The molecule has 5 nitrogen and oxygen atoms in total. The van der Waals surface area contributed by atoms with E-state index in [0.717, 1.165) is 26.4 Å². The number of nitrogens with one attached hydrogen (secondary N) is 1. The summed E-state index contributed by atoms with van der Waals surface area (Å²) in [5.74, 6) is -2.06. The Kier molecular flexibility index (Phi) is 6.68. The fourth-order valence-electron chi connectivity index (χ4n) is 1.90. The number of hydrogen-bond acceptors (Lipinski definition) is 4. The number of carbonyl (C=O) groups excluding carboxylic acids is 2. The quantitative estimate of drug-likeness (QED) is 0.628. The highest BCUT2D eigenvalue weighted by Crippen LogP contribution is 2.36. The van der Waals surface area contributed by atoms with Crippen molar-refractivity contribution >= 4 is 23.5 Å². The van der Waals surface area contributed by atoms with E-state index in [0.29, 0.717) is 5.56 Å². The molecule has 0 saturated heterocycles. The molecule has 128 valence electrons. The van der Waals surface area contributed by atoms with Crippen molar-refractivity contribution in [3.05, 3.63) is 29.3 Å². The molecule has 0 aromatic heterocycles. The molecule has 0 heterocycles. The Morgan fingerprint density at radius 3 is 2.43 bits per heavy atom. The maximum Gasteiger partial charge on any atom is 0.419 e. The van der Waals surface area contributed by atoms with Crippen LogP contribution in [0.4, 0.5) is 13.2 Å². The fourth-order valence-corrected chi connectivity index (χ4v) is 1.98. The van der Waals surface area contributed by atoms with Crippen molar-refractivity contribution in [1.82, 2.24) is 5.32 Å². The van der Waals surface area contributed by atoms with Crippen molar-refractivity contribution in [2.75, 3.05) is 20.1 Å². The van der Waals surface area contributed by atoms with Gasteiger partial charge in [-0.1, -0.05) is 6.07 Å². The highest BCUT2D eigenvalue weighted by atomic mass is 35.5. The van der Waals surface area contributed by atoms with Crippen LogP contribution in [0.15, 0.2) is 18.2 Å². The largest absolute Gasteiger partial charge is 0.496 e. The van der Waals surface area contributed by atoms with E-state index in [-0.39, 0.29) is 18.1 Å². The Hall–Kier alpha value is -1.96. The first-order chi connectivity index (χ1) is 10.7. The number of rotatable bonds is 6. The third kappa shape index (κ3) is 5.31. The molecule has 1 rings (SSSR count). The second-order valence-corrected chi connectivity index (χ2v) is 4.78. The first-order valence-corrected chi connectivity index (χ1v) is 6.93. The summed E-state index contributed by atoms with van der Waals surface area (Å²) in [5, 5.41) is 2.34. The minimum atomic E-state index is -4.56. The average molecular weight is 354 g/mol. The molecule has 0 aliphatic heterocycles. The highest BCUT2D eigenvalue weighted by molar-refractivity contribution is 6.27. The zero-order chi connectivity index (χ0) is 17.6. The molecular weight excluding hydrogens is 339 g/mol. The number of halogens is 4. The van der Waals surface area contributed by atoms with Crippen molar-refractivity contribution in [1.29, 1.82) is 0 Å². The van der Waals surface area contributed by atoms with Gasteiger partial charge in [0, 0.05) is 6.42 Å². The Morgan fingerprint density at radius 2 is 1.96 bits per heavy atom. The molecular formula is C14H15ClF3NO4. The van der Waals surface area contributed by atoms with Crippen molar-refractivity contribution in [3.63, 3.8) is 0 Å². The van der Waals surface area contributed by atoms with E-state index in [1.54, 1.807) is 0 Å². The molecule has 1 aromatic carbocycles. The van der Waals surface area contributed by atoms with Crippen LogP contribution in [0.25, 0.3) is 0 Å². The van der Waals surface area contributed by atoms with Gasteiger partial charge in [-0.25, -0.2) is 4.79 Å². The van der Waals surface area contributed by atoms with Gasteiger partial charge >= 0.3 is 12.1 Å². The van der Waals surface area contributed by atoms with Crippen LogP contribution in [0, 0.1) is 0 Å². The second-order valence-electron chi connectivity index (χ2n) is 4.51. The molecule has 0 saturated carbocycles. The second kappa shape index (κ2) is 8.05. The zero-order valence-corrected chi connectivity index (χ0v) is 13.1. The van der Waals surface area contributed by atoms with Gasteiger partial charge in [0.15, 0.2) is 0 Å². The van der Waals surface area contributed by atoms with Gasteiger partial charge in [-0.15, -0.1) is 11.6 Å². The van der Waals surface area contributed by atoms with Crippen molar-refractivity contribution in [2.45, 2.75) is 18.6 Å². The molecule has 1 unspecified atom stereocenters. The predicted octanol–water partition coefficient (Wildman–Crippen LogP) is 2.15. The molecule has 0 fully saturated rings. The van der Waals surface area contributed by atoms with Crippen LogP contribution < -0.4 is 10.1 Å². The third-order valence-corrected chi connectivity index (χ3v) is 3.20. The van der Waals surface area contributed by atoms with E-state index < -0.39 is 29.7 Å². The average Bonchev–Trinajstić information content (AvgIpc) is 2.51. The lowest BCUT2D eigenvalue weighted by Crippen LogP contribution is -2.43. The van der Waals surface area contributed by atoms with E-state index in [2.05, 4.69) is 10.1 Å². The number of esters is 1. The summed E-state index contributed by atoms with van der Waals surface area (Å²) in [6, 6.07) is 2.15. The molecule has 23 heavy (non-hydrogen) atoms. The van der Waals surface area contributed by atoms with Gasteiger partial charge in [-0.3, -0.25) is 4.79 Å². The van der Waals surface area contributed by atoms with E-state index in [1.807, 2.05) is 0 Å². The summed E-state index contributed by atoms with van der Waals surface area (Å²) in [4.78, 5) is 23.0. The molecule has 0 bridgehead atoms. The van der Waals surface area contributed by atoms with Crippen LogP contribution in [0.2, 0.25) is 0 Å². The van der Waals surface area contributed by atoms with Crippen molar-refractivity contribution in [2.24, 2.45) is 0 Å². The van der Waals surface area contributed by atoms with Crippen molar-refractivity contribution < 1.29 is 32.2 Å². The van der Waals surface area contributed by atoms with Crippen LogP contribution in [0.3, 0.4) is 0 Å². The molecule has 1 N–H and O–H groups in total. The smallest absolute Gasteiger partial charge is 0.419 e. The lowest BCUT2D eigenvalue weighted by molar-refractivity contribution is -0.144. The number of alkyl halides is 4. The van der Waals surface area contributed by atoms with E-state index in [4.69, 9.17) is 16.3 Å². The van der Waals surface area contributed by atoms with Crippen LogP contribution in [-0.4, -0.2) is 38.0 Å². The summed E-state index contributed by atoms with van der Waals surface area (Å²) in [5.41, 5.74) is -0.566. The summed E-state index contributed by atoms with van der Waals surface area (Å²) >= 11 is 5.36. The maximum atomic E-state index is 12.8. The number of hydrogen-bond donors (Lipinski definition) is 1. The number of benzene rings is 1. The normalized spacial score (nSPS) is 12.4. The van der Waals surface area contributed by atoms with Gasteiger partial charge in [-0.2, -0.15) is 13.2 Å². The summed E-state index contributed by atoms with van der Waals surface area (Å²) in [7, 11) is 2.25. The molecule has 9 heteroatoms. The summed E-state index contributed by atoms with van der Waals surface area (Å²) in [6.45, 7) is 0. The Balaban J connectivity index is 3.04. The van der Waals surface area contributed by atoms with Gasteiger partial charge < -0.3 is 14.8 Å². The van der Waals surface area contributed by atoms with Gasteiger partial charge in [0.05, 0.1) is 19.8 Å². The van der Waals surface area contributed by atoms with Gasteiger partial charge in [-0.05, 0) is 17.7 Å². The Labute approximate surface area is 135 Å². The standard InChI is InChI=1S/C14H15ClF3NO4/c1-22-11-6-8(3-4-9(11)14(16,17)18)5-10(13(21)23-2)19-12(20)7-15/h3-4,6,10H,5,7H2,1-2H3,(H,19,20). The molecule has 1 aromatic rings. The lowest BCUT2D eigenvalue weighted by atomic mass is 10.0. The SMILES string of the molecule is COC(=O)C(Cc1ccc(C(F)(F)F)c(OC)c1)NC(=O)CCl. The molecule has 0 aliphatic carbocycles. The summed E-state index contributed by atoms with van der Waals surface area (Å²) < 4.78 is 47.7. The van der Waals surface area contributed by atoms with Gasteiger partial charge in [0.1, 0.15) is 17.7 Å². The first-order valence-electron chi connectivity index (χ1n) is 6.40. The molecule has 1 amide bonds. The Morgan fingerprint density at radius 1 is 1.30 bits per heavy atom. The minimum Gasteiger partial charge on any atom is -0.496 e. The molecule has 0 spiro atoms. The topological polar surface area (TPSA) is 64.6 Å². The van der Waals surface area contributed by atoms with Gasteiger partial charge in [0.25, 0.3) is 0 Å². The van der Waals surface area contributed by atoms with E-state index in [9.17, 15) is 22.8 Å². The minimum absolute atomic E-state index is 0.0657.